The Bertz CT molecular complexity index is 1060. The lowest BCUT2D eigenvalue weighted by Gasteiger charge is -2.15. The molecule has 6 heteroatoms. The van der Waals surface area contributed by atoms with E-state index in [0.29, 0.717) is 24.3 Å². The lowest BCUT2D eigenvalue weighted by Crippen LogP contribution is -2.37. The fraction of sp³-hybridized carbons (Fsp3) is 0.304. The fourth-order valence-corrected chi connectivity index (χ4v) is 3.18. The smallest absolute Gasteiger partial charge is 0.336 e. The highest BCUT2D eigenvalue weighted by Gasteiger charge is 2.15. The largest absolute Gasteiger partial charge is 0.481 e. The third-order valence-electron chi connectivity index (χ3n) is 4.61. The molecule has 1 amide bonds. The number of carbonyl (C=O) groups is 1. The number of benzene rings is 2. The normalized spacial score (nSPS) is 12.0. The maximum Gasteiger partial charge on any atom is 0.336 e. The lowest BCUT2D eigenvalue weighted by atomic mass is 10.1. The standard InChI is InChI=1S/C23H24FNO4/c1-3-5-17-13-22(26)29-21-14-19(8-9-20(17)21)28-15(2)23(27)25-11-10-16-6-4-7-18(24)12-16/h4,6-9,12-15H,3,5,10-11H2,1-2H3,(H,25,27)/t15-/m1/s1. The van der Waals surface area contributed by atoms with Crippen LogP contribution >= 0.6 is 0 Å². The zero-order valence-corrected chi connectivity index (χ0v) is 16.5. The van der Waals surface area contributed by atoms with Gasteiger partial charge in [0.1, 0.15) is 17.1 Å². The van der Waals surface area contributed by atoms with Crippen LogP contribution in [0.25, 0.3) is 11.0 Å². The molecule has 0 unspecified atom stereocenters. The van der Waals surface area contributed by atoms with Crippen LogP contribution in [0.15, 0.2) is 57.7 Å². The Labute approximate surface area is 168 Å². The van der Waals surface area contributed by atoms with Gasteiger partial charge in [0.2, 0.25) is 0 Å². The first-order chi connectivity index (χ1) is 14.0. The van der Waals surface area contributed by atoms with Crippen molar-refractivity contribution in [3.63, 3.8) is 0 Å². The Morgan fingerprint density at radius 3 is 2.76 bits per heavy atom. The van der Waals surface area contributed by atoms with Gasteiger partial charge in [0.25, 0.3) is 5.91 Å². The van der Waals surface area contributed by atoms with E-state index in [4.69, 9.17) is 9.15 Å². The summed E-state index contributed by atoms with van der Waals surface area (Å²) in [6.07, 6.45) is 1.50. The van der Waals surface area contributed by atoms with E-state index in [0.717, 1.165) is 29.4 Å². The van der Waals surface area contributed by atoms with Crippen molar-refractivity contribution in [3.05, 3.63) is 75.9 Å². The van der Waals surface area contributed by atoms with E-state index in [2.05, 4.69) is 5.32 Å². The van der Waals surface area contributed by atoms with Crippen LogP contribution in [0, 0.1) is 5.82 Å². The monoisotopic (exact) mass is 397 g/mol. The summed E-state index contributed by atoms with van der Waals surface area (Å²) < 4.78 is 24.2. The Balaban J connectivity index is 1.62. The van der Waals surface area contributed by atoms with E-state index in [1.807, 2.05) is 19.1 Å². The lowest BCUT2D eigenvalue weighted by molar-refractivity contribution is -0.127. The molecule has 0 aliphatic carbocycles. The number of halogens is 1. The van der Waals surface area contributed by atoms with Crippen molar-refractivity contribution in [2.45, 2.75) is 39.2 Å². The summed E-state index contributed by atoms with van der Waals surface area (Å²) in [5, 5.41) is 3.65. The molecule has 1 aromatic heterocycles. The van der Waals surface area contributed by atoms with Crippen molar-refractivity contribution in [1.82, 2.24) is 5.32 Å². The third kappa shape index (κ3) is 5.44. The molecular weight excluding hydrogens is 373 g/mol. The Morgan fingerprint density at radius 2 is 2.00 bits per heavy atom. The van der Waals surface area contributed by atoms with Crippen molar-refractivity contribution in [2.75, 3.05) is 6.54 Å². The number of carbonyl (C=O) groups excluding carboxylic acids is 1. The minimum Gasteiger partial charge on any atom is -0.481 e. The van der Waals surface area contributed by atoms with Crippen molar-refractivity contribution in [1.29, 1.82) is 0 Å². The van der Waals surface area contributed by atoms with Crippen molar-refractivity contribution >= 4 is 16.9 Å². The molecule has 0 bridgehead atoms. The molecule has 29 heavy (non-hydrogen) atoms. The molecule has 5 nitrogen and oxygen atoms in total. The summed E-state index contributed by atoms with van der Waals surface area (Å²) in [5.74, 6) is -0.125. The molecule has 0 radical (unpaired) electrons. The topological polar surface area (TPSA) is 68.5 Å². The highest BCUT2D eigenvalue weighted by atomic mass is 19.1. The molecule has 0 saturated carbocycles. The Kier molecular flexibility index (Phi) is 6.65. The summed E-state index contributed by atoms with van der Waals surface area (Å²) >= 11 is 0. The highest BCUT2D eigenvalue weighted by Crippen LogP contribution is 2.24. The molecule has 1 N–H and O–H groups in total. The molecule has 0 spiro atoms. The van der Waals surface area contributed by atoms with Crippen LogP contribution in [0.5, 0.6) is 5.75 Å². The predicted molar refractivity (Wildman–Crippen MR) is 110 cm³/mol. The number of fused-ring (bicyclic) bond motifs is 1. The van der Waals surface area contributed by atoms with Gasteiger partial charge in [-0.1, -0.05) is 25.5 Å². The van der Waals surface area contributed by atoms with Gasteiger partial charge in [-0.3, -0.25) is 4.79 Å². The van der Waals surface area contributed by atoms with Crippen molar-refractivity contribution in [3.8, 4) is 5.75 Å². The maximum atomic E-state index is 13.2. The van der Waals surface area contributed by atoms with Crippen LogP contribution in [0.3, 0.4) is 0 Å². The first-order valence-electron chi connectivity index (χ1n) is 9.72. The maximum absolute atomic E-state index is 13.2. The van der Waals surface area contributed by atoms with E-state index in [1.54, 1.807) is 25.1 Å². The average molecular weight is 397 g/mol. The van der Waals surface area contributed by atoms with Gasteiger partial charge < -0.3 is 14.5 Å². The Morgan fingerprint density at radius 1 is 1.17 bits per heavy atom. The SMILES string of the molecule is CCCc1cc(=O)oc2cc(O[C@H](C)C(=O)NCCc3cccc(F)c3)ccc12. The second-order valence-corrected chi connectivity index (χ2v) is 6.93. The van der Waals surface area contributed by atoms with Gasteiger partial charge in [-0.25, -0.2) is 9.18 Å². The number of rotatable bonds is 8. The van der Waals surface area contributed by atoms with E-state index in [9.17, 15) is 14.0 Å². The Hall–Kier alpha value is -3.15. The van der Waals surface area contributed by atoms with Crippen molar-refractivity contribution < 1.29 is 18.3 Å². The van der Waals surface area contributed by atoms with E-state index >= 15 is 0 Å². The fourth-order valence-electron chi connectivity index (χ4n) is 3.18. The summed E-state index contributed by atoms with van der Waals surface area (Å²) in [6, 6.07) is 13.0. The van der Waals surface area contributed by atoms with Crippen LogP contribution in [0.4, 0.5) is 4.39 Å². The number of ether oxygens (including phenoxy) is 1. The first kappa shape index (κ1) is 20.6. The van der Waals surface area contributed by atoms with E-state index < -0.39 is 11.7 Å². The second kappa shape index (κ2) is 9.37. The minimum absolute atomic E-state index is 0.275. The van der Waals surface area contributed by atoms with Gasteiger partial charge in [0, 0.05) is 24.1 Å². The first-order valence-corrected chi connectivity index (χ1v) is 9.72. The van der Waals surface area contributed by atoms with Gasteiger partial charge in [-0.05, 0) is 55.2 Å². The molecule has 0 aliphatic heterocycles. The van der Waals surface area contributed by atoms with E-state index in [-0.39, 0.29) is 11.7 Å². The average Bonchev–Trinajstić information content (AvgIpc) is 2.67. The molecule has 152 valence electrons. The predicted octanol–water partition coefficient (Wildman–Crippen LogP) is 4.01. The number of hydrogen-bond acceptors (Lipinski definition) is 4. The summed E-state index contributed by atoms with van der Waals surface area (Å²) in [5.41, 5.74) is 1.79. The van der Waals surface area contributed by atoms with Crippen LogP contribution < -0.4 is 15.7 Å². The molecule has 1 heterocycles. The second-order valence-electron chi connectivity index (χ2n) is 6.93. The van der Waals surface area contributed by atoms with Gasteiger partial charge in [0.15, 0.2) is 6.10 Å². The molecule has 0 saturated heterocycles. The zero-order valence-electron chi connectivity index (χ0n) is 16.5. The van der Waals surface area contributed by atoms with Crippen LogP contribution in [0.1, 0.15) is 31.4 Å². The molecule has 1 atom stereocenters. The quantitative estimate of drug-likeness (QED) is 0.583. The summed E-state index contributed by atoms with van der Waals surface area (Å²) in [7, 11) is 0. The van der Waals surface area contributed by atoms with Crippen LogP contribution in [0.2, 0.25) is 0 Å². The molecule has 2 aromatic carbocycles. The molecule has 3 rings (SSSR count). The molecule has 0 aliphatic rings. The van der Waals surface area contributed by atoms with Crippen LogP contribution in [-0.2, 0) is 17.6 Å². The summed E-state index contributed by atoms with van der Waals surface area (Å²) in [4.78, 5) is 24.1. The van der Waals surface area contributed by atoms with Gasteiger partial charge in [-0.2, -0.15) is 0 Å². The number of hydrogen-bond donors (Lipinski definition) is 1. The third-order valence-corrected chi connectivity index (χ3v) is 4.61. The highest BCUT2D eigenvalue weighted by molar-refractivity contribution is 5.83. The van der Waals surface area contributed by atoms with Crippen molar-refractivity contribution in [2.24, 2.45) is 0 Å². The van der Waals surface area contributed by atoms with Crippen LogP contribution in [-0.4, -0.2) is 18.6 Å². The van der Waals surface area contributed by atoms with E-state index in [1.165, 1.54) is 18.2 Å². The molecule has 3 aromatic rings. The number of aryl methyl sites for hydroxylation is 1. The van der Waals surface area contributed by atoms with Gasteiger partial charge >= 0.3 is 5.63 Å². The molecule has 0 fully saturated rings. The minimum atomic E-state index is -0.731. The zero-order chi connectivity index (χ0) is 20.8. The van der Waals surface area contributed by atoms with Gasteiger partial charge in [-0.15, -0.1) is 0 Å². The molecular formula is C23H24FNO4. The number of amides is 1. The van der Waals surface area contributed by atoms with Gasteiger partial charge in [0.05, 0.1) is 0 Å². The summed E-state index contributed by atoms with van der Waals surface area (Å²) in [6.45, 7) is 4.07. The number of nitrogens with one attached hydrogen (secondary N) is 1.